The van der Waals surface area contributed by atoms with Crippen molar-refractivity contribution in [3.63, 3.8) is 0 Å². The molecule has 1 fully saturated rings. The van der Waals surface area contributed by atoms with Crippen LogP contribution in [-0.2, 0) is 0 Å². The van der Waals surface area contributed by atoms with Crippen molar-refractivity contribution in [3.05, 3.63) is 0 Å². The molecular formula is C18H38N2. The van der Waals surface area contributed by atoms with Crippen LogP contribution >= 0.6 is 0 Å². The third kappa shape index (κ3) is 7.08. The predicted molar refractivity (Wildman–Crippen MR) is 90.2 cm³/mol. The summed E-state index contributed by atoms with van der Waals surface area (Å²) in [5, 5.41) is 3.63. The quantitative estimate of drug-likeness (QED) is 0.833. The van der Waals surface area contributed by atoms with Crippen molar-refractivity contribution in [2.45, 2.75) is 73.3 Å². The van der Waals surface area contributed by atoms with E-state index >= 15 is 0 Å². The summed E-state index contributed by atoms with van der Waals surface area (Å²) in [5.74, 6) is 1.64. The Morgan fingerprint density at radius 2 is 1.70 bits per heavy atom. The first kappa shape index (κ1) is 18.0. The SMILES string of the molecule is CC(CNC(C)(C)C)CN1CCCC(C(C)(C)C)CC1. The minimum absolute atomic E-state index is 0.240. The second-order valence-corrected chi connectivity index (χ2v) is 9.03. The molecule has 2 unspecified atom stereocenters. The highest BCUT2D eigenvalue weighted by Crippen LogP contribution is 2.34. The van der Waals surface area contributed by atoms with E-state index in [1.165, 1.54) is 38.9 Å². The molecule has 2 heteroatoms. The van der Waals surface area contributed by atoms with E-state index in [2.05, 4.69) is 58.7 Å². The van der Waals surface area contributed by atoms with Gasteiger partial charge in [0.1, 0.15) is 0 Å². The molecule has 1 aliphatic heterocycles. The van der Waals surface area contributed by atoms with Crippen molar-refractivity contribution < 1.29 is 0 Å². The molecule has 0 spiro atoms. The summed E-state index contributed by atoms with van der Waals surface area (Å²) >= 11 is 0. The highest BCUT2D eigenvalue weighted by atomic mass is 15.1. The number of hydrogen-bond donors (Lipinski definition) is 1. The maximum atomic E-state index is 3.63. The third-order valence-corrected chi connectivity index (χ3v) is 4.60. The molecule has 120 valence electrons. The lowest BCUT2D eigenvalue weighted by Crippen LogP contribution is -2.41. The van der Waals surface area contributed by atoms with Gasteiger partial charge in [-0.1, -0.05) is 27.7 Å². The van der Waals surface area contributed by atoms with Gasteiger partial charge in [0, 0.05) is 12.1 Å². The summed E-state index contributed by atoms with van der Waals surface area (Å²) < 4.78 is 0. The zero-order valence-electron chi connectivity index (χ0n) is 15.1. The van der Waals surface area contributed by atoms with Gasteiger partial charge in [-0.15, -0.1) is 0 Å². The van der Waals surface area contributed by atoms with Gasteiger partial charge in [0.05, 0.1) is 0 Å². The van der Waals surface area contributed by atoms with Gasteiger partial charge in [0.15, 0.2) is 0 Å². The minimum Gasteiger partial charge on any atom is -0.312 e. The molecule has 0 aromatic carbocycles. The largest absolute Gasteiger partial charge is 0.312 e. The molecule has 1 saturated heterocycles. The van der Waals surface area contributed by atoms with Crippen molar-refractivity contribution in [2.75, 3.05) is 26.2 Å². The summed E-state index contributed by atoms with van der Waals surface area (Å²) in [4.78, 5) is 2.70. The van der Waals surface area contributed by atoms with Crippen LogP contribution in [0.25, 0.3) is 0 Å². The molecule has 0 radical (unpaired) electrons. The standard InChI is InChI=1S/C18H38N2/c1-15(13-19-18(5,6)7)14-20-11-8-9-16(10-12-20)17(2,3)4/h15-16,19H,8-14H2,1-7H3. The van der Waals surface area contributed by atoms with Crippen LogP contribution in [0.5, 0.6) is 0 Å². The number of nitrogens with zero attached hydrogens (tertiary/aromatic N) is 1. The number of rotatable bonds is 4. The lowest BCUT2D eigenvalue weighted by Gasteiger charge is -2.30. The minimum atomic E-state index is 0.240. The van der Waals surface area contributed by atoms with E-state index in [0.717, 1.165) is 18.4 Å². The smallest absolute Gasteiger partial charge is 0.00966 e. The van der Waals surface area contributed by atoms with Crippen LogP contribution in [0.3, 0.4) is 0 Å². The first-order valence-corrected chi connectivity index (χ1v) is 8.55. The number of likely N-dealkylation sites (tertiary alicyclic amines) is 1. The molecule has 20 heavy (non-hydrogen) atoms. The highest BCUT2D eigenvalue weighted by Gasteiger charge is 2.27. The molecule has 1 N–H and O–H groups in total. The molecular weight excluding hydrogens is 244 g/mol. The highest BCUT2D eigenvalue weighted by molar-refractivity contribution is 4.80. The Labute approximate surface area is 127 Å². The molecule has 0 aromatic rings. The zero-order chi connectivity index (χ0) is 15.4. The Balaban J connectivity index is 2.35. The van der Waals surface area contributed by atoms with E-state index in [1.807, 2.05) is 0 Å². The molecule has 0 amide bonds. The summed E-state index contributed by atoms with van der Waals surface area (Å²) in [6, 6.07) is 0. The second-order valence-electron chi connectivity index (χ2n) is 9.03. The van der Waals surface area contributed by atoms with Crippen molar-refractivity contribution in [1.29, 1.82) is 0 Å². The van der Waals surface area contributed by atoms with E-state index in [4.69, 9.17) is 0 Å². The fourth-order valence-corrected chi connectivity index (χ4v) is 3.19. The van der Waals surface area contributed by atoms with Gasteiger partial charge in [0.25, 0.3) is 0 Å². The van der Waals surface area contributed by atoms with E-state index in [9.17, 15) is 0 Å². The van der Waals surface area contributed by atoms with Crippen LogP contribution in [0.4, 0.5) is 0 Å². The van der Waals surface area contributed by atoms with E-state index in [1.54, 1.807) is 0 Å². The van der Waals surface area contributed by atoms with Crippen LogP contribution in [-0.4, -0.2) is 36.6 Å². The molecule has 2 atom stereocenters. The summed E-state index contributed by atoms with van der Waals surface area (Å²) in [6.45, 7) is 21.3. The van der Waals surface area contributed by atoms with Gasteiger partial charge in [-0.2, -0.15) is 0 Å². The second kappa shape index (κ2) is 7.26. The first-order chi connectivity index (χ1) is 9.08. The van der Waals surface area contributed by atoms with Crippen molar-refractivity contribution in [1.82, 2.24) is 10.2 Å². The lowest BCUT2D eigenvalue weighted by molar-refractivity contribution is 0.199. The fraction of sp³-hybridized carbons (Fsp3) is 1.00. The Kier molecular flexibility index (Phi) is 6.53. The predicted octanol–water partition coefficient (Wildman–Crippen LogP) is 4.16. The van der Waals surface area contributed by atoms with Gasteiger partial charge in [-0.3, -0.25) is 0 Å². The molecule has 1 rings (SSSR count). The van der Waals surface area contributed by atoms with E-state index < -0.39 is 0 Å². The Bertz CT molecular complexity index is 272. The van der Waals surface area contributed by atoms with Crippen LogP contribution in [0.15, 0.2) is 0 Å². The topological polar surface area (TPSA) is 15.3 Å². The van der Waals surface area contributed by atoms with Gasteiger partial charge >= 0.3 is 0 Å². The Hall–Kier alpha value is -0.0800. The van der Waals surface area contributed by atoms with Gasteiger partial charge in [0.2, 0.25) is 0 Å². The summed E-state index contributed by atoms with van der Waals surface area (Å²) in [5.41, 5.74) is 0.722. The normalized spacial score (nSPS) is 24.4. The molecule has 2 nitrogen and oxygen atoms in total. The van der Waals surface area contributed by atoms with Crippen LogP contribution in [0.2, 0.25) is 0 Å². The monoisotopic (exact) mass is 282 g/mol. The molecule has 1 heterocycles. The Morgan fingerprint density at radius 3 is 2.25 bits per heavy atom. The van der Waals surface area contributed by atoms with E-state index in [0.29, 0.717) is 5.41 Å². The van der Waals surface area contributed by atoms with Gasteiger partial charge < -0.3 is 10.2 Å². The molecule has 0 saturated carbocycles. The third-order valence-electron chi connectivity index (χ3n) is 4.60. The fourth-order valence-electron chi connectivity index (χ4n) is 3.19. The van der Waals surface area contributed by atoms with Crippen molar-refractivity contribution >= 4 is 0 Å². The zero-order valence-corrected chi connectivity index (χ0v) is 15.1. The average molecular weight is 283 g/mol. The van der Waals surface area contributed by atoms with Crippen molar-refractivity contribution in [2.24, 2.45) is 17.3 Å². The summed E-state index contributed by atoms with van der Waals surface area (Å²) in [7, 11) is 0. The molecule has 0 aliphatic carbocycles. The summed E-state index contributed by atoms with van der Waals surface area (Å²) in [6.07, 6.45) is 4.17. The number of nitrogens with one attached hydrogen (secondary N) is 1. The van der Waals surface area contributed by atoms with Gasteiger partial charge in [-0.05, 0) is 76.9 Å². The van der Waals surface area contributed by atoms with Crippen LogP contribution in [0, 0.1) is 17.3 Å². The van der Waals surface area contributed by atoms with Gasteiger partial charge in [-0.25, -0.2) is 0 Å². The molecule has 0 bridgehead atoms. The molecule has 1 aliphatic rings. The maximum Gasteiger partial charge on any atom is 0.00966 e. The maximum absolute atomic E-state index is 3.63. The number of hydrogen-bond acceptors (Lipinski definition) is 2. The van der Waals surface area contributed by atoms with E-state index in [-0.39, 0.29) is 5.54 Å². The lowest BCUT2D eigenvalue weighted by atomic mass is 9.77. The van der Waals surface area contributed by atoms with Crippen molar-refractivity contribution in [3.8, 4) is 0 Å². The first-order valence-electron chi connectivity index (χ1n) is 8.55. The average Bonchev–Trinajstić information content (AvgIpc) is 2.50. The Morgan fingerprint density at radius 1 is 1.05 bits per heavy atom. The van der Waals surface area contributed by atoms with Crippen LogP contribution < -0.4 is 5.32 Å². The molecule has 0 aromatic heterocycles. The van der Waals surface area contributed by atoms with Crippen LogP contribution in [0.1, 0.15) is 67.7 Å².